The van der Waals surface area contributed by atoms with Gasteiger partial charge >= 0.3 is 0 Å². The summed E-state index contributed by atoms with van der Waals surface area (Å²) in [6, 6.07) is 3.81. The first kappa shape index (κ1) is 12.6. The van der Waals surface area contributed by atoms with Gasteiger partial charge < -0.3 is 4.74 Å². The molecule has 0 radical (unpaired) electrons. The van der Waals surface area contributed by atoms with Crippen LogP contribution in [0.5, 0.6) is 5.75 Å². The molecule has 0 aromatic heterocycles. The van der Waals surface area contributed by atoms with Crippen molar-refractivity contribution >= 4 is 22.2 Å². The molecule has 0 saturated heterocycles. The summed E-state index contributed by atoms with van der Waals surface area (Å²) in [5.74, 6) is 0.759. The molecule has 0 unspecified atom stereocenters. The molecular formula is C14H17BrO2. The first-order valence-electron chi connectivity index (χ1n) is 6.12. The van der Waals surface area contributed by atoms with Gasteiger partial charge in [-0.05, 0) is 50.3 Å². The van der Waals surface area contributed by atoms with Gasteiger partial charge in [-0.15, -0.1) is 0 Å². The fraction of sp³-hybridized carbons (Fsp3) is 0.500. The lowest BCUT2D eigenvalue weighted by molar-refractivity contribution is 0.110. The monoisotopic (exact) mass is 296 g/mol. The van der Waals surface area contributed by atoms with Crippen LogP contribution in [0.15, 0.2) is 16.6 Å². The molecule has 17 heavy (non-hydrogen) atoms. The molecule has 1 aromatic carbocycles. The lowest BCUT2D eigenvalue weighted by atomic mass is 9.97. The van der Waals surface area contributed by atoms with Crippen molar-refractivity contribution in [3.63, 3.8) is 0 Å². The molecule has 0 heterocycles. The van der Waals surface area contributed by atoms with Crippen LogP contribution in [0.2, 0.25) is 0 Å². The Labute approximate surface area is 110 Å². The Hall–Kier alpha value is -0.830. The lowest BCUT2D eigenvalue weighted by Crippen LogP contribution is -2.20. The Balaban J connectivity index is 2.21. The topological polar surface area (TPSA) is 26.3 Å². The molecule has 3 heteroatoms. The molecule has 0 N–H and O–H groups in total. The summed E-state index contributed by atoms with van der Waals surface area (Å²) < 4.78 is 6.94. The zero-order valence-electron chi connectivity index (χ0n) is 10.0. The van der Waals surface area contributed by atoms with Gasteiger partial charge in [0, 0.05) is 4.47 Å². The number of carbonyl (C=O) groups is 1. The average molecular weight is 297 g/mol. The third-order valence-electron chi connectivity index (χ3n) is 3.23. The molecule has 0 spiro atoms. The van der Waals surface area contributed by atoms with E-state index in [9.17, 15) is 4.79 Å². The van der Waals surface area contributed by atoms with Gasteiger partial charge in [0.05, 0.1) is 11.7 Å². The van der Waals surface area contributed by atoms with Gasteiger partial charge in [-0.25, -0.2) is 0 Å². The molecule has 1 aliphatic rings. The van der Waals surface area contributed by atoms with Crippen LogP contribution in [0.3, 0.4) is 0 Å². The average Bonchev–Trinajstić information content (AvgIpc) is 2.33. The number of aldehydes is 1. The largest absolute Gasteiger partial charge is 0.489 e. The Bertz CT molecular complexity index is 409. The van der Waals surface area contributed by atoms with E-state index in [1.54, 1.807) is 0 Å². The van der Waals surface area contributed by atoms with Gasteiger partial charge in [0.2, 0.25) is 0 Å². The Morgan fingerprint density at radius 2 is 2.00 bits per heavy atom. The Morgan fingerprint density at radius 1 is 1.29 bits per heavy atom. The van der Waals surface area contributed by atoms with Gasteiger partial charge in [0.1, 0.15) is 5.75 Å². The van der Waals surface area contributed by atoms with Crippen molar-refractivity contribution in [2.75, 3.05) is 0 Å². The van der Waals surface area contributed by atoms with Gasteiger partial charge in [0.15, 0.2) is 6.29 Å². The number of aryl methyl sites for hydroxylation is 1. The van der Waals surface area contributed by atoms with Crippen LogP contribution in [-0.4, -0.2) is 12.4 Å². The van der Waals surface area contributed by atoms with Crippen molar-refractivity contribution < 1.29 is 9.53 Å². The second kappa shape index (κ2) is 5.67. The van der Waals surface area contributed by atoms with Crippen LogP contribution in [0, 0.1) is 6.92 Å². The smallest absolute Gasteiger partial charge is 0.153 e. The number of halogens is 1. The highest BCUT2D eigenvalue weighted by Gasteiger charge is 2.18. The highest BCUT2D eigenvalue weighted by Crippen LogP contribution is 2.30. The third-order valence-corrected chi connectivity index (χ3v) is 3.69. The number of rotatable bonds is 3. The van der Waals surface area contributed by atoms with Gasteiger partial charge in [0.25, 0.3) is 0 Å². The zero-order chi connectivity index (χ0) is 12.3. The van der Waals surface area contributed by atoms with Crippen LogP contribution < -0.4 is 4.74 Å². The highest BCUT2D eigenvalue weighted by atomic mass is 79.9. The summed E-state index contributed by atoms with van der Waals surface area (Å²) in [6.07, 6.45) is 7.13. The predicted octanol–water partition coefficient (Wildman–Crippen LogP) is 4.28. The molecule has 2 nitrogen and oxygen atoms in total. The van der Waals surface area contributed by atoms with Gasteiger partial charge in [-0.1, -0.05) is 22.4 Å². The summed E-state index contributed by atoms with van der Waals surface area (Å²) in [5, 5.41) is 0. The normalized spacial score (nSPS) is 16.8. The van der Waals surface area contributed by atoms with E-state index in [4.69, 9.17) is 4.74 Å². The standard InChI is InChI=1S/C14H17BrO2/c1-10-7-12(15)8-11(9-16)14(10)17-13-5-3-2-4-6-13/h7-9,13H,2-6H2,1H3. The summed E-state index contributed by atoms with van der Waals surface area (Å²) >= 11 is 3.40. The van der Waals surface area contributed by atoms with Crippen molar-refractivity contribution in [2.45, 2.75) is 45.1 Å². The first-order valence-corrected chi connectivity index (χ1v) is 6.92. The van der Waals surface area contributed by atoms with Gasteiger partial charge in [-0.3, -0.25) is 4.79 Å². The molecule has 1 aliphatic carbocycles. The molecule has 0 amide bonds. The van der Waals surface area contributed by atoms with Crippen molar-refractivity contribution in [1.29, 1.82) is 0 Å². The number of carbonyl (C=O) groups excluding carboxylic acids is 1. The van der Waals surface area contributed by atoms with E-state index in [-0.39, 0.29) is 6.10 Å². The molecule has 1 aromatic rings. The maximum absolute atomic E-state index is 11.1. The Morgan fingerprint density at radius 3 is 2.65 bits per heavy atom. The van der Waals surface area contributed by atoms with Crippen LogP contribution >= 0.6 is 15.9 Å². The number of ether oxygens (including phenoxy) is 1. The summed E-state index contributed by atoms with van der Waals surface area (Å²) in [4.78, 5) is 11.1. The van der Waals surface area contributed by atoms with Crippen LogP contribution in [0.25, 0.3) is 0 Å². The molecule has 0 atom stereocenters. The minimum absolute atomic E-state index is 0.280. The summed E-state index contributed by atoms with van der Waals surface area (Å²) in [5.41, 5.74) is 1.66. The van der Waals surface area contributed by atoms with E-state index < -0.39 is 0 Å². The first-order chi connectivity index (χ1) is 8.20. The van der Waals surface area contributed by atoms with E-state index in [2.05, 4.69) is 15.9 Å². The maximum Gasteiger partial charge on any atom is 0.153 e. The van der Waals surface area contributed by atoms with Crippen LogP contribution in [0.1, 0.15) is 48.0 Å². The molecule has 0 bridgehead atoms. The van der Waals surface area contributed by atoms with Crippen molar-refractivity contribution in [3.8, 4) is 5.75 Å². The Kier molecular flexibility index (Phi) is 4.21. The van der Waals surface area contributed by atoms with Crippen LogP contribution in [0.4, 0.5) is 0 Å². The van der Waals surface area contributed by atoms with Gasteiger partial charge in [-0.2, -0.15) is 0 Å². The predicted molar refractivity (Wildman–Crippen MR) is 71.8 cm³/mol. The number of hydrogen-bond donors (Lipinski definition) is 0. The highest BCUT2D eigenvalue weighted by molar-refractivity contribution is 9.10. The minimum atomic E-state index is 0.280. The second-order valence-electron chi connectivity index (χ2n) is 4.64. The fourth-order valence-corrected chi connectivity index (χ4v) is 2.94. The van der Waals surface area contributed by atoms with E-state index in [0.29, 0.717) is 5.56 Å². The van der Waals surface area contributed by atoms with E-state index in [0.717, 1.165) is 34.9 Å². The fourth-order valence-electron chi connectivity index (χ4n) is 2.35. The summed E-state index contributed by atoms with van der Waals surface area (Å²) in [7, 11) is 0. The second-order valence-corrected chi connectivity index (χ2v) is 5.55. The maximum atomic E-state index is 11.1. The minimum Gasteiger partial charge on any atom is -0.489 e. The van der Waals surface area contributed by atoms with E-state index >= 15 is 0 Å². The lowest BCUT2D eigenvalue weighted by Gasteiger charge is -2.24. The molecule has 92 valence electrons. The van der Waals surface area contributed by atoms with E-state index in [1.165, 1.54) is 19.3 Å². The van der Waals surface area contributed by atoms with Crippen molar-refractivity contribution in [2.24, 2.45) is 0 Å². The van der Waals surface area contributed by atoms with E-state index in [1.807, 2.05) is 19.1 Å². The third kappa shape index (κ3) is 3.09. The quantitative estimate of drug-likeness (QED) is 0.778. The van der Waals surface area contributed by atoms with Crippen molar-refractivity contribution in [1.82, 2.24) is 0 Å². The molecule has 1 saturated carbocycles. The SMILES string of the molecule is Cc1cc(Br)cc(C=O)c1OC1CCCCC1. The molecular weight excluding hydrogens is 280 g/mol. The zero-order valence-corrected chi connectivity index (χ0v) is 11.6. The summed E-state index contributed by atoms with van der Waals surface area (Å²) in [6.45, 7) is 1.98. The molecule has 0 aliphatic heterocycles. The number of benzene rings is 1. The molecule has 1 fully saturated rings. The van der Waals surface area contributed by atoms with Crippen LogP contribution in [-0.2, 0) is 0 Å². The molecule has 2 rings (SSSR count). The number of hydrogen-bond acceptors (Lipinski definition) is 2. The van der Waals surface area contributed by atoms with Crippen molar-refractivity contribution in [3.05, 3.63) is 27.7 Å².